The molecule has 0 bridgehead atoms. The molecule has 2 N–H and O–H groups in total. The van der Waals surface area contributed by atoms with E-state index in [1.54, 1.807) is 6.07 Å². The molecule has 0 saturated carbocycles. The number of aromatic amines is 1. The van der Waals surface area contributed by atoms with Gasteiger partial charge in [-0.15, -0.1) is 0 Å². The summed E-state index contributed by atoms with van der Waals surface area (Å²) < 4.78 is 2.44. The van der Waals surface area contributed by atoms with Crippen LogP contribution in [0.2, 0.25) is 0 Å². The largest absolute Gasteiger partial charge is 0.508 e. The summed E-state index contributed by atoms with van der Waals surface area (Å²) in [6.45, 7) is 8.65. The van der Waals surface area contributed by atoms with Gasteiger partial charge >= 0.3 is 0 Å². The second-order valence-electron chi connectivity index (χ2n) is 8.20. The van der Waals surface area contributed by atoms with Gasteiger partial charge in [0.05, 0.1) is 5.52 Å². The number of benzene rings is 3. The van der Waals surface area contributed by atoms with Crippen LogP contribution in [0.5, 0.6) is 5.75 Å². The first-order valence-corrected chi connectivity index (χ1v) is 11.2. The molecule has 0 fully saturated rings. The number of H-pyrrole nitrogens is 1. The Morgan fingerprint density at radius 1 is 0.871 bits per heavy atom. The molecule has 0 aliphatic rings. The summed E-state index contributed by atoms with van der Waals surface area (Å²) in [5.74, 6) is 0.311. The zero-order valence-electron chi connectivity index (χ0n) is 18.2. The molecular formula is C27H29N3O. The van der Waals surface area contributed by atoms with Crippen LogP contribution in [-0.4, -0.2) is 39.2 Å². The van der Waals surface area contributed by atoms with Crippen LogP contribution in [0.15, 0.2) is 67.0 Å². The number of hydrogen-bond acceptors (Lipinski definition) is 2. The summed E-state index contributed by atoms with van der Waals surface area (Å²) >= 11 is 0. The lowest BCUT2D eigenvalue weighted by Gasteiger charge is -2.18. The van der Waals surface area contributed by atoms with Gasteiger partial charge in [-0.1, -0.05) is 44.2 Å². The van der Waals surface area contributed by atoms with E-state index in [9.17, 15) is 5.11 Å². The Balaban J connectivity index is 1.74. The monoisotopic (exact) mass is 411 g/mol. The Labute approximate surface area is 182 Å². The zero-order chi connectivity index (χ0) is 21.4. The molecule has 4 heteroatoms. The number of phenolic OH excluding ortho intramolecular Hbond substituents is 1. The lowest BCUT2D eigenvalue weighted by Crippen LogP contribution is -2.24. The molecule has 158 valence electrons. The maximum Gasteiger partial charge on any atom is 0.116 e. The SMILES string of the molecule is CCN(CC)CCCn1c2ccc(O)cc2c2c3c[nH]cc3c(-c3ccccc3)cc21. The van der Waals surface area contributed by atoms with Crippen molar-refractivity contribution in [3.63, 3.8) is 0 Å². The highest BCUT2D eigenvalue weighted by Gasteiger charge is 2.18. The lowest BCUT2D eigenvalue weighted by molar-refractivity contribution is 0.294. The van der Waals surface area contributed by atoms with Crippen molar-refractivity contribution in [2.24, 2.45) is 0 Å². The Morgan fingerprint density at radius 2 is 1.65 bits per heavy atom. The molecule has 0 aliphatic heterocycles. The highest BCUT2D eigenvalue weighted by Crippen LogP contribution is 2.41. The fraction of sp³-hybridized carbons (Fsp3) is 0.259. The highest BCUT2D eigenvalue weighted by atomic mass is 16.3. The van der Waals surface area contributed by atoms with Gasteiger partial charge in [0.25, 0.3) is 0 Å². The quantitative estimate of drug-likeness (QED) is 0.326. The van der Waals surface area contributed by atoms with E-state index in [4.69, 9.17) is 0 Å². The van der Waals surface area contributed by atoms with E-state index in [0.29, 0.717) is 5.75 Å². The van der Waals surface area contributed by atoms with E-state index in [1.807, 2.05) is 6.07 Å². The van der Waals surface area contributed by atoms with Gasteiger partial charge in [-0.25, -0.2) is 0 Å². The minimum absolute atomic E-state index is 0.311. The highest BCUT2D eigenvalue weighted by molar-refractivity contribution is 6.23. The molecular weight excluding hydrogens is 382 g/mol. The lowest BCUT2D eigenvalue weighted by atomic mass is 9.97. The third-order valence-corrected chi connectivity index (χ3v) is 6.51. The first kappa shape index (κ1) is 19.7. The van der Waals surface area contributed by atoms with Crippen molar-refractivity contribution in [3.8, 4) is 16.9 Å². The van der Waals surface area contributed by atoms with Crippen LogP contribution >= 0.6 is 0 Å². The van der Waals surface area contributed by atoms with Gasteiger partial charge in [0, 0.05) is 46.0 Å². The molecule has 2 heterocycles. The van der Waals surface area contributed by atoms with Crippen LogP contribution in [0.4, 0.5) is 0 Å². The summed E-state index contributed by atoms with van der Waals surface area (Å²) in [6.07, 6.45) is 5.27. The van der Waals surface area contributed by atoms with E-state index in [-0.39, 0.29) is 0 Å². The normalized spacial score (nSPS) is 12.0. The summed E-state index contributed by atoms with van der Waals surface area (Å²) in [5.41, 5.74) is 4.87. The van der Waals surface area contributed by atoms with Crippen molar-refractivity contribution in [1.29, 1.82) is 0 Å². The molecule has 0 atom stereocenters. The molecule has 0 radical (unpaired) electrons. The molecule has 5 aromatic rings. The Bertz CT molecular complexity index is 1340. The molecule has 0 saturated heterocycles. The third-order valence-electron chi connectivity index (χ3n) is 6.51. The Kier molecular flexibility index (Phi) is 5.16. The van der Waals surface area contributed by atoms with Gasteiger partial charge in [0.2, 0.25) is 0 Å². The Morgan fingerprint density at radius 3 is 2.42 bits per heavy atom. The van der Waals surface area contributed by atoms with Gasteiger partial charge in [-0.3, -0.25) is 0 Å². The predicted molar refractivity (Wildman–Crippen MR) is 131 cm³/mol. The molecule has 31 heavy (non-hydrogen) atoms. The number of phenols is 1. The van der Waals surface area contributed by atoms with Crippen molar-refractivity contribution in [3.05, 3.63) is 67.0 Å². The van der Waals surface area contributed by atoms with Crippen molar-refractivity contribution >= 4 is 32.6 Å². The minimum Gasteiger partial charge on any atom is -0.508 e. The number of nitrogens with zero attached hydrogens (tertiary/aromatic N) is 2. The topological polar surface area (TPSA) is 44.2 Å². The third kappa shape index (κ3) is 3.37. The molecule has 0 amide bonds. The number of aromatic nitrogens is 2. The van der Waals surface area contributed by atoms with E-state index in [1.165, 1.54) is 38.3 Å². The molecule has 5 rings (SSSR count). The van der Waals surface area contributed by atoms with Gasteiger partial charge < -0.3 is 19.6 Å². The standard InChI is InChI=1S/C27H29N3O/c1-3-29(4-2)13-8-14-30-25-12-11-20(31)15-22(25)27-24-18-28-17-23(24)21(16-26(27)30)19-9-6-5-7-10-19/h5-7,9-12,15-18,28,31H,3-4,8,13-14H2,1-2H3. The van der Waals surface area contributed by atoms with Crippen LogP contribution in [0, 0.1) is 0 Å². The van der Waals surface area contributed by atoms with Gasteiger partial charge in [-0.2, -0.15) is 0 Å². The number of rotatable bonds is 7. The average molecular weight is 412 g/mol. The predicted octanol–water partition coefficient (Wildman–Crippen LogP) is 6.38. The second-order valence-corrected chi connectivity index (χ2v) is 8.20. The van der Waals surface area contributed by atoms with Gasteiger partial charge in [0.15, 0.2) is 0 Å². The number of aryl methyl sites for hydroxylation is 1. The molecule has 0 aliphatic carbocycles. The summed E-state index contributed by atoms with van der Waals surface area (Å²) in [6, 6.07) is 18.7. The molecule has 0 spiro atoms. The van der Waals surface area contributed by atoms with Crippen LogP contribution in [0.1, 0.15) is 20.3 Å². The van der Waals surface area contributed by atoms with Crippen LogP contribution in [-0.2, 0) is 6.54 Å². The summed E-state index contributed by atoms with van der Waals surface area (Å²) in [7, 11) is 0. The minimum atomic E-state index is 0.311. The number of nitrogens with one attached hydrogen (secondary N) is 1. The zero-order valence-corrected chi connectivity index (χ0v) is 18.2. The van der Waals surface area contributed by atoms with Crippen molar-refractivity contribution in [2.45, 2.75) is 26.8 Å². The van der Waals surface area contributed by atoms with Crippen LogP contribution in [0.25, 0.3) is 43.7 Å². The fourth-order valence-corrected chi connectivity index (χ4v) is 4.89. The number of aromatic hydroxyl groups is 1. The smallest absolute Gasteiger partial charge is 0.116 e. The van der Waals surface area contributed by atoms with E-state index < -0.39 is 0 Å². The van der Waals surface area contributed by atoms with Crippen molar-refractivity contribution in [1.82, 2.24) is 14.5 Å². The van der Waals surface area contributed by atoms with E-state index in [0.717, 1.165) is 38.0 Å². The van der Waals surface area contributed by atoms with Gasteiger partial charge in [-0.05, 0) is 61.4 Å². The first-order valence-electron chi connectivity index (χ1n) is 11.2. The molecule has 3 aromatic carbocycles. The van der Waals surface area contributed by atoms with Crippen LogP contribution < -0.4 is 0 Å². The second kappa shape index (κ2) is 8.12. The fourth-order valence-electron chi connectivity index (χ4n) is 4.89. The molecule has 0 unspecified atom stereocenters. The van der Waals surface area contributed by atoms with Gasteiger partial charge in [0.1, 0.15) is 5.75 Å². The maximum absolute atomic E-state index is 10.2. The first-order chi connectivity index (χ1) is 15.2. The molecule has 2 aromatic heterocycles. The van der Waals surface area contributed by atoms with E-state index in [2.05, 4.69) is 83.2 Å². The van der Waals surface area contributed by atoms with Crippen molar-refractivity contribution < 1.29 is 5.11 Å². The number of hydrogen-bond donors (Lipinski definition) is 2. The van der Waals surface area contributed by atoms with Crippen molar-refractivity contribution in [2.75, 3.05) is 19.6 Å². The maximum atomic E-state index is 10.2. The summed E-state index contributed by atoms with van der Waals surface area (Å²) in [5, 5.41) is 15.0. The van der Waals surface area contributed by atoms with E-state index >= 15 is 0 Å². The molecule has 4 nitrogen and oxygen atoms in total. The van der Waals surface area contributed by atoms with Crippen LogP contribution in [0.3, 0.4) is 0 Å². The summed E-state index contributed by atoms with van der Waals surface area (Å²) in [4.78, 5) is 5.80. The number of fused-ring (bicyclic) bond motifs is 5. The average Bonchev–Trinajstić information content (AvgIpc) is 3.39. The Hall–Kier alpha value is -3.24.